The van der Waals surface area contributed by atoms with Crippen LogP contribution in [0, 0.1) is 0 Å². The third-order valence-electron chi connectivity index (χ3n) is 2.46. The molecule has 0 unspecified atom stereocenters. The van der Waals surface area contributed by atoms with Crippen LogP contribution in [0.2, 0.25) is 5.02 Å². The maximum absolute atomic E-state index is 12.1. The van der Waals surface area contributed by atoms with Crippen molar-refractivity contribution in [2.45, 2.75) is 24.8 Å². The predicted molar refractivity (Wildman–Crippen MR) is 68.9 cm³/mol. The molecule has 1 aromatic rings. The fourth-order valence-electron chi connectivity index (χ4n) is 1.19. The van der Waals surface area contributed by atoms with Gasteiger partial charge in [-0.3, -0.25) is 0 Å². The number of hydrogen-bond acceptors (Lipinski definition) is 4. The van der Waals surface area contributed by atoms with Gasteiger partial charge in [-0.1, -0.05) is 11.6 Å². The molecule has 5 nitrogen and oxygen atoms in total. The van der Waals surface area contributed by atoms with Crippen LogP contribution in [-0.2, 0) is 10.0 Å². The highest BCUT2D eigenvalue weighted by Gasteiger charge is 2.24. The third kappa shape index (κ3) is 2.88. The molecule has 1 rings (SSSR count). The Labute approximate surface area is 107 Å². The zero-order valence-corrected chi connectivity index (χ0v) is 11.8. The highest BCUT2D eigenvalue weighted by Crippen LogP contribution is 2.24. The first kappa shape index (κ1) is 14.2. The molecule has 0 aromatic carbocycles. The number of pyridine rings is 1. The van der Waals surface area contributed by atoms with Gasteiger partial charge >= 0.3 is 0 Å². The molecule has 7 heteroatoms. The van der Waals surface area contributed by atoms with Crippen molar-refractivity contribution in [2.75, 3.05) is 19.4 Å². The van der Waals surface area contributed by atoms with E-state index in [-0.39, 0.29) is 16.0 Å². The monoisotopic (exact) mass is 277 g/mol. The second-order valence-electron chi connectivity index (χ2n) is 3.87. The number of hydrogen-bond donors (Lipinski definition) is 1. The fraction of sp³-hybridized carbons (Fsp3) is 0.500. The Hall–Kier alpha value is -0.850. The van der Waals surface area contributed by atoms with Gasteiger partial charge < -0.3 is 5.32 Å². The molecular formula is C10H16ClN3O2S. The van der Waals surface area contributed by atoms with Gasteiger partial charge in [0.25, 0.3) is 0 Å². The number of nitrogens with one attached hydrogen (secondary N) is 1. The van der Waals surface area contributed by atoms with Crippen LogP contribution in [0.4, 0.5) is 5.82 Å². The van der Waals surface area contributed by atoms with E-state index < -0.39 is 10.0 Å². The molecule has 0 aliphatic rings. The van der Waals surface area contributed by atoms with Gasteiger partial charge in [-0.05, 0) is 19.9 Å². The second-order valence-corrected chi connectivity index (χ2v) is 6.27. The molecule has 1 heterocycles. The van der Waals surface area contributed by atoms with Gasteiger partial charge in [0, 0.05) is 26.3 Å². The van der Waals surface area contributed by atoms with Crippen molar-refractivity contribution in [3.63, 3.8) is 0 Å². The Morgan fingerprint density at radius 3 is 2.47 bits per heavy atom. The van der Waals surface area contributed by atoms with Crippen molar-refractivity contribution >= 4 is 27.4 Å². The zero-order valence-electron chi connectivity index (χ0n) is 10.2. The number of nitrogens with zero attached hydrogens (tertiary/aromatic N) is 2. The Balaban J connectivity index is 3.21. The number of aromatic nitrogens is 1. The Morgan fingerprint density at radius 2 is 2.06 bits per heavy atom. The van der Waals surface area contributed by atoms with E-state index in [0.29, 0.717) is 5.82 Å². The summed E-state index contributed by atoms with van der Waals surface area (Å²) < 4.78 is 25.5. The van der Waals surface area contributed by atoms with Gasteiger partial charge in [0.2, 0.25) is 10.0 Å². The van der Waals surface area contributed by atoms with Crippen LogP contribution in [0.3, 0.4) is 0 Å². The van der Waals surface area contributed by atoms with Gasteiger partial charge in [-0.25, -0.2) is 13.4 Å². The van der Waals surface area contributed by atoms with Crippen LogP contribution in [0.15, 0.2) is 17.2 Å². The van der Waals surface area contributed by atoms with Crippen LogP contribution in [0.5, 0.6) is 0 Å². The molecule has 0 bridgehead atoms. The van der Waals surface area contributed by atoms with Crippen LogP contribution < -0.4 is 5.32 Å². The summed E-state index contributed by atoms with van der Waals surface area (Å²) in [5.74, 6) is 0.456. The zero-order chi connectivity index (χ0) is 13.2. The predicted octanol–water partition coefficient (Wildman–Crippen LogP) is 1.81. The Bertz CT molecular complexity index is 502. The van der Waals surface area contributed by atoms with Gasteiger partial charge in [-0.15, -0.1) is 0 Å². The van der Waals surface area contributed by atoms with Crippen molar-refractivity contribution in [3.8, 4) is 0 Å². The summed E-state index contributed by atoms with van der Waals surface area (Å²) in [6, 6.07) is 1.27. The Kier molecular flexibility index (Phi) is 4.35. The minimum absolute atomic E-state index is 0.0951. The minimum Gasteiger partial charge on any atom is -0.372 e. The molecule has 96 valence electrons. The summed E-state index contributed by atoms with van der Waals surface area (Å²) in [4.78, 5) is 4.05. The lowest BCUT2D eigenvalue weighted by Gasteiger charge is -2.21. The maximum atomic E-state index is 12.1. The molecule has 0 spiro atoms. The van der Waals surface area contributed by atoms with E-state index in [1.54, 1.807) is 20.9 Å². The molecule has 17 heavy (non-hydrogen) atoms. The summed E-state index contributed by atoms with van der Waals surface area (Å²) in [5.41, 5.74) is 0. The molecule has 0 saturated carbocycles. The van der Waals surface area contributed by atoms with E-state index in [9.17, 15) is 8.42 Å². The van der Waals surface area contributed by atoms with E-state index in [1.165, 1.54) is 23.6 Å². The SMILES string of the molecule is CNc1ncc(S(=O)(=O)N(C)C(C)C)cc1Cl. The van der Waals surface area contributed by atoms with Crippen LogP contribution in [-0.4, -0.2) is 37.8 Å². The van der Waals surface area contributed by atoms with Gasteiger partial charge in [0.15, 0.2) is 0 Å². The molecule has 0 aliphatic heterocycles. The van der Waals surface area contributed by atoms with Crippen LogP contribution in [0.25, 0.3) is 0 Å². The van der Waals surface area contributed by atoms with Crippen molar-refractivity contribution in [1.82, 2.24) is 9.29 Å². The van der Waals surface area contributed by atoms with E-state index >= 15 is 0 Å². The van der Waals surface area contributed by atoms with Crippen molar-refractivity contribution < 1.29 is 8.42 Å². The molecular weight excluding hydrogens is 262 g/mol. The normalized spacial score (nSPS) is 12.2. The smallest absolute Gasteiger partial charge is 0.244 e. The molecule has 0 saturated heterocycles. The average molecular weight is 278 g/mol. The Morgan fingerprint density at radius 1 is 1.47 bits per heavy atom. The standard InChI is InChI=1S/C10H16ClN3O2S/c1-7(2)14(4)17(15,16)8-5-9(11)10(12-3)13-6-8/h5-7H,1-4H3,(H,12,13). The van der Waals surface area contributed by atoms with Crippen molar-refractivity contribution in [2.24, 2.45) is 0 Å². The van der Waals surface area contributed by atoms with Gasteiger partial charge in [0.1, 0.15) is 10.7 Å². The summed E-state index contributed by atoms with van der Waals surface area (Å²) in [7, 11) is -0.330. The summed E-state index contributed by atoms with van der Waals surface area (Å²) in [5, 5.41) is 3.06. The van der Waals surface area contributed by atoms with Crippen molar-refractivity contribution in [3.05, 3.63) is 17.3 Å². The number of rotatable bonds is 4. The lowest BCUT2D eigenvalue weighted by Crippen LogP contribution is -2.33. The van der Waals surface area contributed by atoms with Crippen molar-refractivity contribution in [1.29, 1.82) is 0 Å². The summed E-state index contributed by atoms with van der Waals surface area (Å²) >= 11 is 5.91. The van der Waals surface area contributed by atoms with E-state index in [1.807, 2.05) is 0 Å². The number of halogens is 1. The molecule has 0 aliphatic carbocycles. The van der Waals surface area contributed by atoms with Gasteiger partial charge in [0.05, 0.1) is 5.02 Å². The first-order valence-corrected chi connectivity index (χ1v) is 6.93. The largest absolute Gasteiger partial charge is 0.372 e. The van der Waals surface area contributed by atoms with E-state index in [0.717, 1.165) is 0 Å². The minimum atomic E-state index is -3.53. The lowest BCUT2D eigenvalue weighted by atomic mass is 10.4. The molecule has 0 atom stereocenters. The molecule has 1 N–H and O–H groups in total. The fourth-order valence-corrected chi connectivity index (χ4v) is 2.86. The summed E-state index contributed by atoms with van der Waals surface area (Å²) in [6.45, 7) is 3.60. The van der Waals surface area contributed by atoms with E-state index in [2.05, 4.69) is 10.3 Å². The molecule has 1 aromatic heterocycles. The molecule has 0 amide bonds. The van der Waals surface area contributed by atoms with Gasteiger partial charge in [-0.2, -0.15) is 4.31 Å². The molecule has 0 fully saturated rings. The second kappa shape index (κ2) is 5.20. The maximum Gasteiger partial charge on any atom is 0.244 e. The molecule has 0 radical (unpaired) electrons. The van der Waals surface area contributed by atoms with Crippen LogP contribution in [0.1, 0.15) is 13.8 Å². The highest BCUT2D eigenvalue weighted by atomic mass is 35.5. The first-order valence-electron chi connectivity index (χ1n) is 5.12. The van der Waals surface area contributed by atoms with Crippen LogP contribution >= 0.6 is 11.6 Å². The first-order chi connectivity index (χ1) is 7.80. The number of sulfonamides is 1. The quantitative estimate of drug-likeness (QED) is 0.912. The topological polar surface area (TPSA) is 62.3 Å². The third-order valence-corrected chi connectivity index (χ3v) is 4.74. The summed E-state index contributed by atoms with van der Waals surface area (Å²) in [6.07, 6.45) is 1.30. The lowest BCUT2D eigenvalue weighted by molar-refractivity contribution is 0.410. The number of anilines is 1. The average Bonchev–Trinajstić information content (AvgIpc) is 2.27. The van der Waals surface area contributed by atoms with E-state index in [4.69, 9.17) is 11.6 Å². The highest BCUT2D eigenvalue weighted by molar-refractivity contribution is 7.89.